The molecule has 0 radical (unpaired) electrons. The van der Waals surface area contributed by atoms with Gasteiger partial charge in [0.2, 0.25) is 5.92 Å². The smallest absolute Gasteiger partial charge is 0.248 e. The van der Waals surface area contributed by atoms with E-state index in [1.165, 1.54) is 12.1 Å². The van der Waals surface area contributed by atoms with Crippen molar-refractivity contribution in [2.75, 3.05) is 32.5 Å². The second-order valence-corrected chi connectivity index (χ2v) is 12.2. The molecule has 0 aliphatic heterocycles. The molecule has 6 aromatic rings. The highest BCUT2D eigenvalue weighted by Gasteiger charge is 2.39. The first-order valence-electron chi connectivity index (χ1n) is 15.0. The molecule has 4 heterocycles. The number of pyridine rings is 2. The number of nitrogens with one attached hydrogen (secondary N) is 3. The lowest BCUT2D eigenvalue weighted by Gasteiger charge is -2.12. The van der Waals surface area contributed by atoms with E-state index in [9.17, 15) is 13.2 Å². The Kier molecular flexibility index (Phi) is 7.48. The minimum Gasteiger partial charge on any atom is -0.384 e. The minimum absolute atomic E-state index is 0.0363. The van der Waals surface area contributed by atoms with Crippen LogP contribution in [0.25, 0.3) is 55.7 Å². The van der Waals surface area contributed by atoms with Crippen molar-refractivity contribution in [1.29, 1.82) is 0 Å². The Morgan fingerprint density at radius 1 is 0.956 bits per heavy atom. The third-order valence-corrected chi connectivity index (χ3v) is 8.44. The van der Waals surface area contributed by atoms with Crippen molar-refractivity contribution in [3.05, 3.63) is 78.6 Å². The largest absolute Gasteiger partial charge is 0.384 e. The molecular weight excluding hydrogens is 577 g/mol. The topological polar surface area (TPSA) is 98.4 Å². The Bertz CT molecular complexity index is 2000. The molecule has 1 saturated carbocycles. The number of fused-ring (bicyclic) bond motifs is 2. The number of H-pyrrole nitrogens is 2. The van der Waals surface area contributed by atoms with Gasteiger partial charge >= 0.3 is 0 Å². The Morgan fingerprint density at radius 2 is 1.82 bits per heavy atom. The molecule has 11 heteroatoms. The summed E-state index contributed by atoms with van der Waals surface area (Å²) in [4.78, 5) is 19.1. The summed E-state index contributed by atoms with van der Waals surface area (Å²) in [5.74, 6) is -2.39. The van der Waals surface area contributed by atoms with E-state index in [-0.39, 0.29) is 24.6 Å². The van der Waals surface area contributed by atoms with Crippen LogP contribution in [0, 0.1) is 11.7 Å². The molecule has 0 spiro atoms. The molecule has 3 N–H and O–H groups in total. The summed E-state index contributed by atoms with van der Waals surface area (Å²) in [5, 5.41) is 11.8. The highest BCUT2D eigenvalue weighted by molar-refractivity contribution is 5.98. The summed E-state index contributed by atoms with van der Waals surface area (Å²) < 4.78 is 42.2. The Balaban J connectivity index is 1.20. The zero-order chi connectivity index (χ0) is 31.1. The van der Waals surface area contributed by atoms with Crippen LogP contribution in [0.3, 0.4) is 0 Å². The number of hydrogen-bond donors (Lipinski definition) is 3. The third kappa shape index (κ3) is 6.12. The third-order valence-electron chi connectivity index (χ3n) is 8.44. The molecule has 0 amide bonds. The van der Waals surface area contributed by atoms with Crippen molar-refractivity contribution >= 4 is 27.6 Å². The molecule has 45 heavy (non-hydrogen) atoms. The molecule has 1 unspecified atom stereocenters. The van der Waals surface area contributed by atoms with E-state index in [1.807, 2.05) is 44.4 Å². The zero-order valence-electron chi connectivity index (χ0n) is 25.0. The van der Waals surface area contributed by atoms with E-state index >= 15 is 0 Å². The van der Waals surface area contributed by atoms with Crippen LogP contribution in [-0.2, 0) is 6.42 Å². The van der Waals surface area contributed by atoms with Crippen molar-refractivity contribution in [2.45, 2.75) is 31.6 Å². The van der Waals surface area contributed by atoms with Gasteiger partial charge in [0.25, 0.3) is 0 Å². The highest BCUT2D eigenvalue weighted by Crippen LogP contribution is 2.40. The first kappa shape index (κ1) is 29.0. The number of aromatic amines is 2. The molecule has 4 aromatic heterocycles. The van der Waals surface area contributed by atoms with Crippen LogP contribution in [-0.4, -0.2) is 68.1 Å². The van der Waals surface area contributed by atoms with Gasteiger partial charge in [0, 0.05) is 66.7 Å². The van der Waals surface area contributed by atoms with Gasteiger partial charge in [-0.1, -0.05) is 6.07 Å². The standard InChI is InChI=1S/C34H33F3N8/c1-45(2)8-7-40-26-12-23(11-25(35)14-26)28-18-39-19-30-31(28)42-33(41-30)32-27-13-22(3-4-29(27)43-44-32)24-10-21(16-38-17-24)9-20-5-6-34(36,37)15-20/h3-4,10-14,16-20,40H,5-9,15H2,1-2H3,(H,41,42)(H,43,44). The number of hydrogen-bond acceptors (Lipinski definition) is 6. The van der Waals surface area contributed by atoms with Crippen LogP contribution in [0.5, 0.6) is 0 Å². The van der Waals surface area contributed by atoms with E-state index in [2.05, 4.69) is 35.4 Å². The molecule has 1 atom stereocenters. The second kappa shape index (κ2) is 11.6. The highest BCUT2D eigenvalue weighted by atomic mass is 19.3. The Hall–Kier alpha value is -4.77. The van der Waals surface area contributed by atoms with Gasteiger partial charge in [-0.05, 0) is 85.9 Å². The molecule has 0 bridgehead atoms. The quantitative estimate of drug-likeness (QED) is 0.159. The summed E-state index contributed by atoms with van der Waals surface area (Å²) in [6.45, 7) is 1.49. The Morgan fingerprint density at radius 3 is 2.64 bits per heavy atom. The van der Waals surface area contributed by atoms with Gasteiger partial charge in [0.05, 0.1) is 22.7 Å². The number of alkyl halides is 2. The summed E-state index contributed by atoms with van der Waals surface area (Å²) in [7, 11) is 3.98. The molecule has 2 aromatic carbocycles. The number of halogens is 3. The summed E-state index contributed by atoms with van der Waals surface area (Å²) in [6.07, 6.45) is 7.96. The Labute approximate surface area is 258 Å². The average molecular weight is 611 g/mol. The summed E-state index contributed by atoms with van der Waals surface area (Å²) in [5.41, 5.74) is 7.68. The first-order chi connectivity index (χ1) is 21.7. The molecule has 1 fully saturated rings. The number of benzene rings is 2. The summed E-state index contributed by atoms with van der Waals surface area (Å²) >= 11 is 0. The van der Waals surface area contributed by atoms with Gasteiger partial charge in [-0.25, -0.2) is 18.2 Å². The minimum atomic E-state index is -2.56. The van der Waals surface area contributed by atoms with E-state index in [0.29, 0.717) is 58.8 Å². The fourth-order valence-corrected chi connectivity index (χ4v) is 6.21. The number of likely N-dealkylation sites (N-methyl/N-ethyl adjacent to an activating group) is 1. The van der Waals surface area contributed by atoms with Gasteiger partial charge in [0.15, 0.2) is 5.82 Å². The van der Waals surface area contributed by atoms with Gasteiger partial charge in [0.1, 0.15) is 11.5 Å². The fourth-order valence-electron chi connectivity index (χ4n) is 6.21. The normalized spacial score (nSPS) is 16.3. The van der Waals surface area contributed by atoms with E-state index in [0.717, 1.165) is 34.1 Å². The number of nitrogens with zero attached hydrogens (tertiary/aromatic N) is 5. The number of anilines is 1. The molecule has 1 aliphatic rings. The molecule has 230 valence electrons. The predicted octanol–water partition coefficient (Wildman–Crippen LogP) is 7.32. The van der Waals surface area contributed by atoms with E-state index in [1.54, 1.807) is 24.8 Å². The van der Waals surface area contributed by atoms with Crippen molar-refractivity contribution in [3.8, 4) is 33.8 Å². The lowest BCUT2D eigenvalue weighted by atomic mass is 9.96. The molecular formula is C34H33F3N8. The lowest BCUT2D eigenvalue weighted by Crippen LogP contribution is -2.20. The van der Waals surface area contributed by atoms with Crippen LogP contribution in [0.4, 0.5) is 18.9 Å². The van der Waals surface area contributed by atoms with Crippen LogP contribution in [0.2, 0.25) is 0 Å². The number of aromatic nitrogens is 6. The van der Waals surface area contributed by atoms with E-state index < -0.39 is 5.92 Å². The van der Waals surface area contributed by atoms with Crippen LogP contribution >= 0.6 is 0 Å². The van der Waals surface area contributed by atoms with E-state index in [4.69, 9.17) is 4.98 Å². The monoisotopic (exact) mass is 610 g/mol. The molecule has 7 rings (SSSR count). The first-order valence-corrected chi connectivity index (χ1v) is 15.0. The van der Waals surface area contributed by atoms with Crippen molar-refractivity contribution in [2.24, 2.45) is 5.92 Å². The maximum Gasteiger partial charge on any atom is 0.248 e. The maximum atomic E-state index is 14.7. The summed E-state index contributed by atoms with van der Waals surface area (Å²) in [6, 6.07) is 12.9. The number of imidazole rings is 1. The lowest BCUT2D eigenvalue weighted by molar-refractivity contribution is 0.00508. The van der Waals surface area contributed by atoms with Crippen LogP contribution in [0.1, 0.15) is 24.8 Å². The zero-order valence-corrected chi connectivity index (χ0v) is 25.0. The van der Waals surface area contributed by atoms with Gasteiger partial charge in [-0.3, -0.25) is 15.1 Å². The van der Waals surface area contributed by atoms with Crippen LogP contribution in [0.15, 0.2) is 67.3 Å². The molecule has 8 nitrogen and oxygen atoms in total. The van der Waals surface area contributed by atoms with Gasteiger partial charge in [-0.2, -0.15) is 5.10 Å². The average Bonchev–Trinajstić information content (AvgIpc) is 3.72. The molecule has 1 aliphatic carbocycles. The second-order valence-electron chi connectivity index (χ2n) is 12.2. The molecule has 0 saturated heterocycles. The van der Waals surface area contributed by atoms with Crippen molar-refractivity contribution in [3.63, 3.8) is 0 Å². The van der Waals surface area contributed by atoms with Crippen LogP contribution < -0.4 is 5.32 Å². The fraction of sp³-hybridized carbons (Fsp3) is 0.294. The maximum absolute atomic E-state index is 14.7. The SMILES string of the molecule is CN(C)CCNc1cc(F)cc(-c2cncc3[nH]c(-c4n[nH]c5ccc(-c6cncc(CC7CCC(F)(F)C7)c6)cc45)nc23)c1. The van der Waals surface area contributed by atoms with Crippen molar-refractivity contribution in [1.82, 2.24) is 35.0 Å². The predicted molar refractivity (Wildman–Crippen MR) is 171 cm³/mol. The number of rotatable bonds is 9. The van der Waals surface area contributed by atoms with Gasteiger partial charge in [-0.15, -0.1) is 0 Å². The van der Waals surface area contributed by atoms with Gasteiger partial charge < -0.3 is 15.2 Å². The van der Waals surface area contributed by atoms with Crippen molar-refractivity contribution < 1.29 is 13.2 Å².